The first-order valence-electron chi connectivity index (χ1n) is 7.52. The largest absolute Gasteiger partial charge is 0.359 e. The van der Waals surface area contributed by atoms with Crippen LogP contribution in [0.4, 0.5) is 0 Å². The first kappa shape index (κ1) is 14.4. The molecular formula is C16H19N5O. The molecule has 6 heteroatoms. The third-order valence-corrected chi connectivity index (χ3v) is 3.62. The van der Waals surface area contributed by atoms with Crippen molar-refractivity contribution < 1.29 is 4.52 Å². The van der Waals surface area contributed by atoms with Crippen LogP contribution in [0.2, 0.25) is 0 Å². The summed E-state index contributed by atoms with van der Waals surface area (Å²) >= 11 is 0. The van der Waals surface area contributed by atoms with Gasteiger partial charge in [-0.25, -0.2) is 4.68 Å². The molecule has 1 atom stereocenters. The summed E-state index contributed by atoms with van der Waals surface area (Å²) in [4.78, 5) is 4.09. The molecule has 0 fully saturated rings. The van der Waals surface area contributed by atoms with E-state index in [1.165, 1.54) is 0 Å². The Bertz CT molecular complexity index is 719. The Balaban J connectivity index is 1.70. The van der Waals surface area contributed by atoms with Gasteiger partial charge in [-0.1, -0.05) is 30.6 Å². The zero-order chi connectivity index (χ0) is 15.4. The van der Waals surface area contributed by atoms with E-state index >= 15 is 0 Å². The van der Waals surface area contributed by atoms with Crippen molar-refractivity contribution in [1.82, 2.24) is 25.1 Å². The van der Waals surface area contributed by atoms with Crippen molar-refractivity contribution in [2.45, 2.75) is 39.2 Å². The molecule has 0 bridgehead atoms. The third kappa shape index (κ3) is 3.21. The molecular weight excluding hydrogens is 278 g/mol. The summed E-state index contributed by atoms with van der Waals surface area (Å²) in [5.74, 6) is 1.18. The van der Waals surface area contributed by atoms with Gasteiger partial charge in [0.1, 0.15) is 12.2 Å². The highest BCUT2D eigenvalue weighted by molar-refractivity contribution is 5.57. The van der Waals surface area contributed by atoms with Gasteiger partial charge < -0.3 is 4.52 Å². The maximum atomic E-state index is 5.37. The van der Waals surface area contributed by atoms with Gasteiger partial charge in [0.25, 0.3) is 0 Å². The molecule has 22 heavy (non-hydrogen) atoms. The maximum absolute atomic E-state index is 5.37. The van der Waals surface area contributed by atoms with E-state index in [-0.39, 0.29) is 0 Å². The molecule has 3 aromatic rings. The number of aromatic nitrogens is 5. The molecule has 6 nitrogen and oxygen atoms in total. The Hall–Kier alpha value is -2.50. The highest BCUT2D eigenvalue weighted by atomic mass is 16.5. The molecule has 0 aliphatic carbocycles. The smallest absolute Gasteiger partial charge is 0.158 e. The molecule has 0 N–H and O–H groups in total. The molecule has 0 aliphatic heterocycles. The molecule has 3 aromatic heterocycles. The lowest BCUT2D eigenvalue weighted by molar-refractivity contribution is 0.371. The Morgan fingerprint density at radius 3 is 3.05 bits per heavy atom. The van der Waals surface area contributed by atoms with E-state index in [4.69, 9.17) is 4.52 Å². The topological polar surface area (TPSA) is 69.6 Å². The standard InChI is InChI=1S/C16H19N5O/c1-3-5-12(2)16-11-21(20-18-16)10-14-8-15(19-22-14)13-6-4-7-17-9-13/h4,6-9,11-12H,3,5,10H2,1-2H3/t12-/m1/s1. The molecule has 0 aromatic carbocycles. The fraction of sp³-hybridized carbons (Fsp3) is 0.375. The molecule has 0 spiro atoms. The summed E-state index contributed by atoms with van der Waals surface area (Å²) in [7, 11) is 0. The van der Waals surface area contributed by atoms with Gasteiger partial charge in [0, 0.05) is 36.1 Å². The van der Waals surface area contributed by atoms with Crippen molar-refractivity contribution >= 4 is 0 Å². The zero-order valence-electron chi connectivity index (χ0n) is 12.8. The Kier molecular flexibility index (Phi) is 4.27. The van der Waals surface area contributed by atoms with E-state index < -0.39 is 0 Å². The van der Waals surface area contributed by atoms with E-state index in [1.807, 2.05) is 24.4 Å². The number of hydrogen-bond acceptors (Lipinski definition) is 5. The number of hydrogen-bond donors (Lipinski definition) is 0. The summed E-state index contributed by atoms with van der Waals surface area (Å²) < 4.78 is 7.16. The Morgan fingerprint density at radius 2 is 2.27 bits per heavy atom. The minimum atomic E-state index is 0.430. The van der Waals surface area contributed by atoms with E-state index in [0.717, 1.165) is 35.6 Å². The zero-order valence-corrected chi connectivity index (χ0v) is 12.8. The number of rotatable bonds is 6. The van der Waals surface area contributed by atoms with Crippen LogP contribution in [-0.2, 0) is 6.54 Å². The lowest BCUT2D eigenvalue weighted by Gasteiger charge is -2.03. The lowest BCUT2D eigenvalue weighted by Crippen LogP contribution is -1.99. The van der Waals surface area contributed by atoms with E-state index in [9.17, 15) is 0 Å². The summed E-state index contributed by atoms with van der Waals surface area (Å²) in [6, 6.07) is 5.74. The van der Waals surface area contributed by atoms with Crippen LogP contribution in [0.1, 0.15) is 44.1 Å². The van der Waals surface area contributed by atoms with Crippen LogP contribution in [0.3, 0.4) is 0 Å². The predicted octanol–water partition coefficient (Wildman–Crippen LogP) is 3.28. The van der Waals surface area contributed by atoms with Gasteiger partial charge in [-0.15, -0.1) is 5.10 Å². The maximum Gasteiger partial charge on any atom is 0.158 e. The average molecular weight is 297 g/mol. The normalized spacial score (nSPS) is 12.5. The van der Waals surface area contributed by atoms with Crippen molar-refractivity contribution in [3.05, 3.63) is 48.2 Å². The predicted molar refractivity (Wildman–Crippen MR) is 82.2 cm³/mol. The van der Waals surface area contributed by atoms with Crippen molar-refractivity contribution in [2.75, 3.05) is 0 Å². The number of nitrogens with zero attached hydrogens (tertiary/aromatic N) is 5. The van der Waals surface area contributed by atoms with Crippen LogP contribution in [-0.4, -0.2) is 25.1 Å². The van der Waals surface area contributed by atoms with Crippen LogP contribution in [0, 0.1) is 0 Å². The molecule has 0 unspecified atom stereocenters. The Labute approximate surface area is 129 Å². The second-order valence-electron chi connectivity index (χ2n) is 5.45. The summed E-state index contributed by atoms with van der Waals surface area (Å²) in [6.45, 7) is 4.88. The number of pyridine rings is 1. The molecule has 0 saturated heterocycles. The van der Waals surface area contributed by atoms with Gasteiger partial charge in [0.2, 0.25) is 0 Å². The van der Waals surface area contributed by atoms with Gasteiger partial charge in [0.15, 0.2) is 5.76 Å². The average Bonchev–Trinajstić information content (AvgIpc) is 3.18. The van der Waals surface area contributed by atoms with Crippen LogP contribution in [0.25, 0.3) is 11.3 Å². The first-order chi connectivity index (χ1) is 10.8. The van der Waals surface area contributed by atoms with Gasteiger partial charge in [0.05, 0.1) is 5.69 Å². The second kappa shape index (κ2) is 6.51. The lowest BCUT2D eigenvalue weighted by atomic mass is 10.0. The van der Waals surface area contributed by atoms with Crippen LogP contribution >= 0.6 is 0 Å². The molecule has 0 radical (unpaired) electrons. The van der Waals surface area contributed by atoms with Crippen molar-refractivity contribution in [3.63, 3.8) is 0 Å². The quantitative estimate of drug-likeness (QED) is 0.698. The monoisotopic (exact) mass is 297 g/mol. The minimum absolute atomic E-state index is 0.430. The SMILES string of the molecule is CCC[C@@H](C)c1cn(Cc2cc(-c3cccnc3)no2)nn1. The molecule has 3 heterocycles. The minimum Gasteiger partial charge on any atom is -0.359 e. The van der Waals surface area contributed by atoms with Crippen LogP contribution < -0.4 is 0 Å². The molecule has 0 aliphatic rings. The molecule has 0 amide bonds. The van der Waals surface area contributed by atoms with Crippen molar-refractivity contribution in [3.8, 4) is 11.3 Å². The van der Waals surface area contributed by atoms with Crippen LogP contribution in [0.15, 0.2) is 41.3 Å². The summed E-state index contributed by atoms with van der Waals surface area (Å²) in [6.07, 6.45) is 7.74. The highest BCUT2D eigenvalue weighted by Crippen LogP contribution is 2.20. The fourth-order valence-electron chi connectivity index (χ4n) is 2.39. The molecule has 3 rings (SSSR count). The van der Waals surface area contributed by atoms with Crippen LogP contribution in [0.5, 0.6) is 0 Å². The van der Waals surface area contributed by atoms with Crippen molar-refractivity contribution in [2.24, 2.45) is 0 Å². The van der Waals surface area contributed by atoms with E-state index in [1.54, 1.807) is 17.1 Å². The van der Waals surface area contributed by atoms with Gasteiger partial charge in [-0.3, -0.25) is 4.98 Å². The highest BCUT2D eigenvalue weighted by Gasteiger charge is 2.11. The van der Waals surface area contributed by atoms with Gasteiger partial charge in [-0.05, 0) is 18.6 Å². The first-order valence-corrected chi connectivity index (χ1v) is 7.52. The van der Waals surface area contributed by atoms with E-state index in [2.05, 4.69) is 34.3 Å². The summed E-state index contributed by atoms with van der Waals surface area (Å²) in [5.41, 5.74) is 2.74. The molecule has 114 valence electrons. The van der Waals surface area contributed by atoms with Crippen molar-refractivity contribution in [1.29, 1.82) is 0 Å². The fourth-order valence-corrected chi connectivity index (χ4v) is 2.39. The second-order valence-corrected chi connectivity index (χ2v) is 5.45. The van der Waals surface area contributed by atoms with Gasteiger partial charge in [-0.2, -0.15) is 0 Å². The third-order valence-electron chi connectivity index (χ3n) is 3.62. The van der Waals surface area contributed by atoms with E-state index in [0.29, 0.717) is 12.5 Å². The molecule has 0 saturated carbocycles. The summed E-state index contributed by atoms with van der Waals surface area (Å²) in [5, 5.41) is 12.5. The Morgan fingerprint density at radius 1 is 1.36 bits per heavy atom. The van der Waals surface area contributed by atoms with Gasteiger partial charge >= 0.3 is 0 Å².